The summed E-state index contributed by atoms with van der Waals surface area (Å²) in [5.41, 5.74) is 4.90. The number of anilines is 1. The molecule has 0 aromatic carbocycles. The Hall–Kier alpha value is -2.25. The zero-order chi connectivity index (χ0) is 12.1. The van der Waals surface area contributed by atoms with Crippen LogP contribution in [0.4, 0.5) is 15.4 Å². The van der Waals surface area contributed by atoms with E-state index in [1.807, 2.05) is 5.43 Å². The topological polar surface area (TPSA) is 97.3 Å². The number of hydrogen-bond donors (Lipinski definition) is 3. The molecule has 3 N–H and O–H groups in total. The van der Waals surface area contributed by atoms with Crippen LogP contribution >= 0.6 is 0 Å². The average molecular weight is 227 g/mol. The van der Waals surface area contributed by atoms with Gasteiger partial charge in [-0.3, -0.25) is 10.00 Å². The highest BCUT2D eigenvalue weighted by molar-refractivity contribution is 5.89. The normalized spacial score (nSPS) is 9.44. The van der Waals surface area contributed by atoms with Gasteiger partial charge in [0.2, 0.25) is 0 Å². The highest BCUT2D eigenvalue weighted by Crippen LogP contribution is 2.06. The van der Waals surface area contributed by atoms with Crippen LogP contribution in [-0.2, 0) is 11.8 Å². The Morgan fingerprint density at radius 1 is 1.44 bits per heavy atom. The molecular formula is C8H13N5O3. The van der Waals surface area contributed by atoms with Crippen LogP contribution in [0.15, 0.2) is 6.07 Å². The van der Waals surface area contributed by atoms with Crippen molar-refractivity contribution in [3.63, 3.8) is 0 Å². The Kier molecular flexibility index (Phi) is 3.70. The van der Waals surface area contributed by atoms with E-state index in [0.29, 0.717) is 5.82 Å². The molecule has 1 rings (SSSR count). The first-order chi connectivity index (χ1) is 7.52. The molecule has 3 amide bonds. The largest absolute Gasteiger partial charge is 0.452 e. The summed E-state index contributed by atoms with van der Waals surface area (Å²) in [6.07, 6.45) is -0.753. The summed E-state index contributed by atoms with van der Waals surface area (Å²) >= 11 is 0. The molecule has 1 aromatic heterocycles. The van der Waals surface area contributed by atoms with Gasteiger partial charge in [-0.2, -0.15) is 5.10 Å². The van der Waals surface area contributed by atoms with Crippen LogP contribution in [0.5, 0.6) is 0 Å². The second-order valence-corrected chi connectivity index (χ2v) is 2.99. The molecule has 1 heterocycles. The van der Waals surface area contributed by atoms with Gasteiger partial charge in [-0.05, 0) is 6.92 Å². The molecule has 0 unspecified atom stereocenters. The third kappa shape index (κ3) is 3.15. The molecule has 88 valence electrons. The van der Waals surface area contributed by atoms with E-state index < -0.39 is 12.1 Å². The van der Waals surface area contributed by atoms with Crippen molar-refractivity contribution in [3.05, 3.63) is 11.8 Å². The number of ether oxygens (including phenoxy) is 1. The van der Waals surface area contributed by atoms with Crippen LogP contribution in [0, 0.1) is 6.92 Å². The van der Waals surface area contributed by atoms with Crippen LogP contribution in [0.25, 0.3) is 0 Å². The molecule has 0 saturated carbocycles. The minimum atomic E-state index is -0.753. The number of nitrogens with one attached hydrogen (secondary N) is 3. The number of aryl methyl sites for hydroxylation is 2. The maximum Gasteiger partial charge on any atom is 0.425 e. The van der Waals surface area contributed by atoms with Crippen molar-refractivity contribution in [3.8, 4) is 0 Å². The van der Waals surface area contributed by atoms with Crippen molar-refractivity contribution < 1.29 is 14.3 Å². The highest BCUT2D eigenvalue weighted by Gasteiger charge is 2.07. The number of hydrazine groups is 1. The minimum absolute atomic E-state index is 0.515. The van der Waals surface area contributed by atoms with E-state index in [9.17, 15) is 9.59 Å². The fourth-order valence-corrected chi connectivity index (χ4v) is 1.03. The van der Waals surface area contributed by atoms with Crippen molar-refractivity contribution in [2.45, 2.75) is 6.92 Å². The number of urea groups is 1. The standard InChI is InChI=1S/C8H13N5O3/c1-5-4-6(13(2)12-5)9-7(14)10-11-8(15)16-3/h4H,1-3H3,(H,11,15)(H2,9,10,14). The van der Waals surface area contributed by atoms with Crippen molar-refractivity contribution in [1.82, 2.24) is 20.6 Å². The molecule has 0 aliphatic rings. The smallest absolute Gasteiger partial charge is 0.425 e. The van der Waals surface area contributed by atoms with Gasteiger partial charge in [-0.25, -0.2) is 20.4 Å². The lowest BCUT2D eigenvalue weighted by Gasteiger charge is -2.07. The van der Waals surface area contributed by atoms with E-state index in [4.69, 9.17) is 0 Å². The third-order valence-electron chi connectivity index (χ3n) is 1.71. The van der Waals surface area contributed by atoms with Gasteiger partial charge in [0, 0.05) is 13.1 Å². The van der Waals surface area contributed by atoms with E-state index in [2.05, 4.69) is 20.6 Å². The van der Waals surface area contributed by atoms with Gasteiger partial charge < -0.3 is 4.74 Å². The lowest BCUT2D eigenvalue weighted by Crippen LogP contribution is -2.44. The van der Waals surface area contributed by atoms with Crippen LogP contribution in [-0.4, -0.2) is 29.0 Å². The highest BCUT2D eigenvalue weighted by atomic mass is 16.5. The number of hydrogen-bond acceptors (Lipinski definition) is 4. The molecule has 0 aliphatic heterocycles. The van der Waals surface area contributed by atoms with Gasteiger partial charge in [0.05, 0.1) is 12.8 Å². The summed E-state index contributed by atoms with van der Waals surface area (Å²) in [6.45, 7) is 1.80. The van der Waals surface area contributed by atoms with Gasteiger partial charge in [-0.1, -0.05) is 0 Å². The van der Waals surface area contributed by atoms with E-state index in [-0.39, 0.29) is 0 Å². The van der Waals surface area contributed by atoms with Gasteiger partial charge >= 0.3 is 12.1 Å². The number of aromatic nitrogens is 2. The van der Waals surface area contributed by atoms with Crippen LogP contribution < -0.4 is 16.2 Å². The summed E-state index contributed by atoms with van der Waals surface area (Å²) in [4.78, 5) is 21.9. The second-order valence-electron chi connectivity index (χ2n) is 2.99. The molecule has 8 heteroatoms. The van der Waals surface area contributed by atoms with E-state index in [1.54, 1.807) is 20.0 Å². The van der Waals surface area contributed by atoms with Crippen molar-refractivity contribution in [2.24, 2.45) is 7.05 Å². The molecular weight excluding hydrogens is 214 g/mol. The maximum atomic E-state index is 11.3. The van der Waals surface area contributed by atoms with Gasteiger partial charge in [0.25, 0.3) is 0 Å². The van der Waals surface area contributed by atoms with Gasteiger partial charge in [-0.15, -0.1) is 0 Å². The molecule has 0 atom stereocenters. The van der Waals surface area contributed by atoms with E-state index in [0.717, 1.165) is 5.69 Å². The Bertz CT molecular complexity index is 400. The molecule has 0 spiro atoms. The fraction of sp³-hybridized carbons (Fsp3) is 0.375. The molecule has 8 nitrogen and oxygen atoms in total. The third-order valence-corrected chi connectivity index (χ3v) is 1.71. The number of nitrogens with zero attached hydrogens (tertiary/aromatic N) is 2. The Labute approximate surface area is 91.9 Å². The summed E-state index contributed by atoms with van der Waals surface area (Å²) in [5.74, 6) is 0.515. The van der Waals surface area contributed by atoms with Crippen LogP contribution in [0.2, 0.25) is 0 Å². The monoisotopic (exact) mass is 227 g/mol. The number of carbonyl (C=O) groups is 2. The Balaban J connectivity index is 2.46. The number of rotatable bonds is 1. The second kappa shape index (κ2) is 5.01. The van der Waals surface area contributed by atoms with E-state index >= 15 is 0 Å². The predicted octanol–water partition coefficient (Wildman–Crippen LogP) is 0.121. The number of carbonyl (C=O) groups excluding carboxylic acids is 2. The molecule has 0 saturated heterocycles. The summed E-state index contributed by atoms with van der Waals surface area (Å²) in [7, 11) is 2.88. The van der Waals surface area contributed by atoms with Crippen LogP contribution in [0.1, 0.15) is 5.69 Å². The predicted molar refractivity (Wildman–Crippen MR) is 55.6 cm³/mol. The van der Waals surface area contributed by atoms with Crippen molar-refractivity contribution in [1.29, 1.82) is 0 Å². The summed E-state index contributed by atoms with van der Waals surface area (Å²) in [6, 6.07) is 1.10. The molecule has 1 aromatic rings. The summed E-state index contributed by atoms with van der Waals surface area (Å²) < 4.78 is 5.78. The van der Waals surface area contributed by atoms with Crippen molar-refractivity contribution >= 4 is 17.9 Å². The SMILES string of the molecule is COC(=O)NNC(=O)Nc1cc(C)nn1C. The average Bonchev–Trinajstić information content (AvgIpc) is 2.54. The zero-order valence-electron chi connectivity index (χ0n) is 9.20. The minimum Gasteiger partial charge on any atom is -0.452 e. The molecule has 16 heavy (non-hydrogen) atoms. The molecule has 0 radical (unpaired) electrons. The van der Waals surface area contributed by atoms with Crippen LogP contribution in [0.3, 0.4) is 0 Å². The van der Waals surface area contributed by atoms with Gasteiger partial charge in [0.1, 0.15) is 5.82 Å². The molecule has 0 bridgehead atoms. The number of methoxy groups -OCH3 is 1. The Morgan fingerprint density at radius 2 is 2.12 bits per heavy atom. The first-order valence-electron chi connectivity index (χ1n) is 4.44. The fourth-order valence-electron chi connectivity index (χ4n) is 1.03. The van der Waals surface area contributed by atoms with Crippen molar-refractivity contribution in [2.75, 3.05) is 12.4 Å². The first-order valence-corrected chi connectivity index (χ1v) is 4.44. The van der Waals surface area contributed by atoms with E-state index in [1.165, 1.54) is 11.8 Å². The maximum absolute atomic E-state index is 11.3. The first kappa shape index (κ1) is 11.8. The van der Waals surface area contributed by atoms with Gasteiger partial charge in [0.15, 0.2) is 0 Å². The Morgan fingerprint density at radius 3 is 2.62 bits per heavy atom. The zero-order valence-corrected chi connectivity index (χ0v) is 9.20. The number of amides is 3. The summed E-state index contributed by atoms with van der Waals surface area (Å²) in [5, 5.41) is 6.53. The lowest BCUT2D eigenvalue weighted by atomic mass is 10.5. The molecule has 0 aliphatic carbocycles. The molecule has 0 fully saturated rings. The quantitative estimate of drug-likeness (QED) is 0.593. The lowest BCUT2D eigenvalue weighted by molar-refractivity contribution is 0.166.